The van der Waals surface area contributed by atoms with Gasteiger partial charge in [0.2, 0.25) is 0 Å². The molecule has 1 aromatic heterocycles. The van der Waals surface area contributed by atoms with Gasteiger partial charge < -0.3 is 10.8 Å². The molecule has 0 unspecified atom stereocenters. The number of nitrogens with two attached hydrogens (primary N) is 1. The molecule has 4 nitrogen and oxygen atoms in total. The number of hydrogen-bond acceptors (Lipinski definition) is 4. The van der Waals surface area contributed by atoms with Crippen molar-refractivity contribution >= 4 is 38.2 Å². The van der Waals surface area contributed by atoms with Gasteiger partial charge in [-0.2, -0.15) is 0 Å². The van der Waals surface area contributed by atoms with Gasteiger partial charge in [-0.25, -0.2) is 9.78 Å². The average Bonchev–Trinajstić information content (AvgIpc) is 2.91. The summed E-state index contributed by atoms with van der Waals surface area (Å²) in [5, 5.41) is 9.72. The fraction of sp³-hybridized carbons (Fsp3) is 0.231. The van der Waals surface area contributed by atoms with Crippen molar-refractivity contribution in [2.24, 2.45) is 0 Å². The Morgan fingerprint density at radius 3 is 3.00 bits per heavy atom. The van der Waals surface area contributed by atoms with Crippen LogP contribution in [0.3, 0.4) is 0 Å². The zero-order valence-corrected chi connectivity index (χ0v) is 10.5. The predicted molar refractivity (Wildman–Crippen MR) is 72.4 cm³/mol. The molecule has 18 heavy (non-hydrogen) atoms. The Balaban J connectivity index is 2.14. The molecule has 3 rings (SSSR count). The molecule has 0 saturated heterocycles. The minimum Gasteiger partial charge on any atom is -0.478 e. The van der Waals surface area contributed by atoms with Gasteiger partial charge in [-0.3, -0.25) is 0 Å². The number of allylic oxidation sites excluding steroid dienone is 1. The highest BCUT2D eigenvalue weighted by molar-refractivity contribution is 7.22. The number of fused-ring (bicyclic) bond motifs is 1. The smallest absolute Gasteiger partial charge is 0.331 e. The van der Waals surface area contributed by atoms with Crippen molar-refractivity contribution in [3.63, 3.8) is 0 Å². The highest BCUT2D eigenvalue weighted by atomic mass is 32.1. The molecule has 0 radical (unpaired) electrons. The van der Waals surface area contributed by atoms with Gasteiger partial charge in [0.15, 0.2) is 5.13 Å². The Labute approximate surface area is 108 Å². The van der Waals surface area contributed by atoms with Crippen LogP contribution in [0.5, 0.6) is 0 Å². The molecule has 0 bridgehead atoms. The van der Waals surface area contributed by atoms with Crippen molar-refractivity contribution in [2.45, 2.75) is 19.3 Å². The monoisotopic (exact) mass is 260 g/mol. The molecule has 1 heterocycles. The average molecular weight is 260 g/mol. The first-order valence-corrected chi connectivity index (χ1v) is 6.58. The molecule has 0 spiro atoms. The van der Waals surface area contributed by atoms with Crippen molar-refractivity contribution in [1.29, 1.82) is 0 Å². The molecule has 5 heteroatoms. The zero-order chi connectivity index (χ0) is 12.7. The molecule has 0 amide bonds. The standard InChI is InChI=1S/C13H12N2O2S/c14-13-15-10-5-4-7(6-11(10)18-13)8-2-1-3-9(8)12(16)17/h4-6H,1-3H2,(H2,14,15)(H,16,17). The van der Waals surface area contributed by atoms with E-state index in [9.17, 15) is 9.90 Å². The number of anilines is 1. The van der Waals surface area contributed by atoms with E-state index in [1.165, 1.54) is 11.3 Å². The van der Waals surface area contributed by atoms with Crippen molar-refractivity contribution < 1.29 is 9.90 Å². The van der Waals surface area contributed by atoms with Crippen LogP contribution in [0, 0.1) is 0 Å². The molecule has 0 atom stereocenters. The van der Waals surface area contributed by atoms with Crippen LogP contribution in [0.15, 0.2) is 23.8 Å². The van der Waals surface area contributed by atoms with Gasteiger partial charge in [0, 0.05) is 5.57 Å². The molecule has 3 N–H and O–H groups in total. The van der Waals surface area contributed by atoms with Gasteiger partial charge in [-0.05, 0) is 42.5 Å². The van der Waals surface area contributed by atoms with E-state index in [-0.39, 0.29) is 0 Å². The van der Waals surface area contributed by atoms with Crippen LogP contribution in [0.1, 0.15) is 24.8 Å². The van der Waals surface area contributed by atoms with E-state index in [2.05, 4.69) is 4.98 Å². The van der Waals surface area contributed by atoms with Crippen LogP contribution in [-0.4, -0.2) is 16.1 Å². The number of rotatable bonds is 2. The number of carbonyl (C=O) groups is 1. The quantitative estimate of drug-likeness (QED) is 0.870. The normalized spacial score (nSPS) is 15.6. The predicted octanol–water partition coefficient (Wildman–Crippen LogP) is 2.90. The maximum absolute atomic E-state index is 11.2. The number of thiazole rings is 1. The molecular formula is C13H12N2O2S. The number of nitrogen functional groups attached to an aromatic ring is 1. The van der Waals surface area contributed by atoms with E-state index in [0.29, 0.717) is 17.1 Å². The second-order valence-corrected chi connectivity index (χ2v) is 5.41. The molecular weight excluding hydrogens is 248 g/mol. The summed E-state index contributed by atoms with van der Waals surface area (Å²) in [5.41, 5.74) is 9.03. The molecule has 0 aliphatic heterocycles. The van der Waals surface area contributed by atoms with Crippen molar-refractivity contribution in [1.82, 2.24) is 4.98 Å². The Kier molecular flexibility index (Phi) is 2.56. The zero-order valence-electron chi connectivity index (χ0n) is 9.64. The van der Waals surface area contributed by atoms with Gasteiger partial charge >= 0.3 is 5.97 Å². The van der Waals surface area contributed by atoms with Gasteiger partial charge in [0.05, 0.1) is 10.2 Å². The third kappa shape index (κ3) is 1.76. The number of aliphatic carboxylic acids is 1. The van der Waals surface area contributed by atoms with Crippen LogP contribution in [-0.2, 0) is 4.79 Å². The highest BCUT2D eigenvalue weighted by Crippen LogP contribution is 2.36. The van der Waals surface area contributed by atoms with Crippen LogP contribution in [0.2, 0.25) is 0 Å². The van der Waals surface area contributed by atoms with E-state index >= 15 is 0 Å². The summed E-state index contributed by atoms with van der Waals surface area (Å²) in [6, 6.07) is 5.83. The molecule has 92 valence electrons. The SMILES string of the molecule is Nc1nc2ccc(C3=C(C(=O)O)CCC3)cc2s1. The molecule has 2 aromatic rings. The Morgan fingerprint density at radius 2 is 2.22 bits per heavy atom. The van der Waals surface area contributed by atoms with Gasteiger partial charge in [-0.15, -0.1) is 0 Å². The van der Waals surface area contributed by atoms with Gasteiger partial charge in [0.1, 0.15) is 0 Å². The van der Waals surface area contributed by atoms with Crippen molar-refractivity contribution in [3.05, 3.63) is 29.3 Å². The van der Waals surface area contributed by atoms with Gasteiger partial charge in [-0.1, -0.05) is 17.4 Å². The summed E-state index contributed by atoms with van der Waals surface area (Å²) in [7, 11) is 0. The van der Waals surface area contributed by atoms with E-state index in [0.717, 1.165) is 34.2 Å². The maximum atomic E-state index is 11.2. The second-order valence-electron chi connectivity index (χ2n) is 4.35. The lowest BCUT2D eigenvalue weighted by Crippen LogP contribution is -1.99. The maximum Gasteiger partial charge on any atom is 0.331 e. The lowest BCUT2D eigenvalue weighted by atomic mass is 10.0. The molecule has 1 aromatic carbocycles. The fourth-order valence-electron chi connectivity index (χ4n) is 2.43. The summed E-state index contributed by atoms with van der Waals surface area (Å²) >= 11 is 1.43. The minimum absolute atomic E-state index is 0.543. The number of aromatic nitrogens is 1. The Hall–Kier alpha value is -1.88. The van der Waals surface area contributed by atoms with Gasteiger partial charge in [0.25, 0.3) is 0 Å². The first-order chi connectivity index (χ1) is 8.65. The number of carboxylic acid groups (broad SMARTS) is 1. The molecule has 1 aliphatic rings. The van der Waals surface area contributed by atoms with E-state index in [1.807, 2.05) is 18.2 Å². The van der Waals surface area contributed by atoms with Crippen LogP contribution in [0.25, 0.3) is 15.8 Å². The minimum atomic E-state index is -0.800. The molecule has 1 aliphatic carbocycles. The third-order valence-electron chi connectivity index (χ3n) is 3.23. The lowest BCUT2D eigenvalue weighted by molar-refractivity contribution is -0.132. The van der Waals surface area contributed by atoms with Crippen LogP contribution >= 0.6 is 11.3 Å². The van der Waals surface area contributed by atoms with Crippen LogP contribution in [0.4, 0.5) is 5.13 Å². The van der Waals surface area contributed by atoms with E-state index in [4.69, 9.17) is 5.73 Å². The summed E-state index contributed by atoms with van der Waals surface area (Å²) in [5.74, 6) is -0.800. The van der Waals surface area contributed by atoms with E-state index < -0.39 is 5.97 Å². The summed E-state index contributed by atoms with van der Waals surface area (Å²) in [6.07, 6.45) is 2.41. The third-order valence-corrected chi connectivity index (χ3v) is 4.08. The Morgan fingerprint density at radius 1 is 1.39 bits per heavy atom. The Bertz CT molecular complexity index is 673. The summed E-state index contributed by atoms with van der Waals surface area (Å²) < 4.78 is 1.01. The first-order valence-electron chi connectivity index (χ1n) is 5.77. The number of benzene rings is 1. The molecule has 0 saturated carbocycles. The number of nitrogens with zero attached hydrogens (tertiary/aromatic N) is 1. The number of carboxylic acids is 1. The topological polar surface area (TPSA) is 76.2 Å². The first kappa shape index (κ1) is 11.2. The largest absolute Gasteiger partial charge is 0.478 e. The lowest BCUT2D eigenvalue weighted by Gasteiger charge is -2.04. The molecule has 0 fully saturated rings. The highest BCUT2D eigenvalue weighted by Gasteiger charge is 2.21. The van der Waals surface area contributed by atoms with E-state index in [1.54, 1.807) is 0 Å². The summed E-state index contributed by atoms with van der Waals surface area (Å²) in [4.78, 5) is 15.4. The second kappa shape index (κ2) is 4.10. The number of hydrogen-bond donors (Lipinski definition) is 2. The fourth-order valence-corrected chi connectivity index (χ4v) is 3.20. The van der Waals surface area contributed by atoms with Crippen molar-refractivity contribution in [2.75, 3.05) is 5.73 Å². The van der Waals surface area contributed by atoms with Crippen LogP contribution < -0.4 is 5.73 Å². The van der Waals surface area contributed by atoms with Crippen molar-refractivity contribution in [3.8, 4) is 0 Å². The summed E-state index contributed by atoms with van der Waals surface area (Å²) in [6.45, 7) is 0.